The van der Waals surface area contributed by atoms with Crippen LogP contribution in [-0.2, 0) is 15.8 Å². The lowest BCUT2D eigenvalue weighted by atomic mass is 9.84. The number of guanidine groups is 2. The number of nitrogens with two attached hydrogens (primary N) is 2. The zero-order chi connectivity index (χ0) is 26.9. The van der Waals surface area contributed by atoms with Crippen LogP contribution in [0.5, 0.6) is 0 Å². The maximum Gasteiger partial charge on any atom is 0.416 e. The third-order valence-electron chi connectivity index (χ3n) is 7.08. The van der Waals surface area contributed by atoms with Crippen LogP contribution in [0.1, 0.15) is 28.8 Å². The predicted octanol–water partition coefficient (Wildman–Crippen LogP) is -2.37. The number of carbonyl (C=O) groups is 3. The molecule has 3 amide bonds. The summed E-state index contributed by atoms with van der Waals surface area (Å²) in [5.74, 6) is -5.09. The minimum absolute atomic E-state index is 0.0317. The quantitative estimate of drug-likeness (QED) is 0.184. The summed E-state index contributed by atoms with van der Waals surface area (Å²) in [5, 5.41) is 27.8. The molecule has 16 heteroatoms. The third-order valence-corrected chi connectivity index (χ3v) is 7.08. The number of nitrogens with one attached hydrogen (secondary N) is 2. The second-order valence-corrected chi connectivity index (χ2v) is 9.24. The van der Waals surface area contributed by atoms with Gasteiger partial charge in [0.2, 0.25) is 17.6 Å². The molecule has 13 nitrogen and oxygen atoms in total. The first kappa shape index (κ1) is 24.8. The highest BCUT2D eigenvalue weighted by Crippen LogP contribution is 2.45. The van der Waals surface area contributed by atoms with Crippen LogP contribution < -0.4 is 22.1 Å². The molecule has 0 aliphatic carbocycles. The highest BCUT2D eigenvalue weighted by atomic mass is 19.4. The van der Waals surface area contributed by atoms with E-state index in [9.17, 15) is 37.8 Å². The molecule has 4 atom stereocenters. The molecule has 4 heterocycles. The summed E-state index contributed by atoms with van der Waals surface area (Å²) in [6.07, 6.45) is -4.62. The van der Waals surface area contributed by atoms with Gasteiger partial charge in [0.1, 0.15) is 12.1 Å². The Labute approximate surface area is 207 Å². The van der Waals surface area contributed by atoms with E-state index in [1.165, 1.54) is 4.90 Å². The first-order valence-electron chi connectivity index (χ1n) is 11.2. The Bertz CT molecular complexity index is 1230. The van der Waals surface area contributed by atoms with Gasteiger partial charge in [-0.15, -0.1) is 0 Å². The van der Waals surface area contributed by atoms with Crippen molar-refractivity contribution in [3.05, 3.63) is 35.4 Å². The van der Waals surface area contributed by atoms with Crippen LogP contribution >= 0.6 is 0 Å². The van der Waals surface area contributed by atoms with E-state index in [2.05, 4.69) is 20.6 Å². The Morgan fingerprint density at radius 3 is 2.51 bits per heavy atom. The number of carbonyl (C=O) groups excluding carboxylic acids is 3. The minimum atomic E-state index is -4.69. The van der Waals surface area contributed by atoms with Gasteiger partial charge < -0.3 is 37.2 Å². The molecule has 3 unspecified atom stereocenters. The number of aliphatic hydroxyl groups is 2. The van der Waals surface area contributed by atoms with Crippen molar-refractivity contribution in [2.45, 2.75) is 48.6 Å². The van der Waals surface area contributed by atoms with E-state index in [0.717, 1.165) is 23.1 Å². The minimum Gasteiger partial charge on any atom is -0.370 e. The summed E-state index contributed by atoms with van der Waals surface area (Å²) in [4.78, 5) is 47.9. The number of likely N-dealkylation sites (tertiary alicyclic amines) is 1. The average Bonchev–Trinajstić information content (AvgIpc) is 3.41. The molecule has 1 aromatic rings. The summed E-state index contributed by atoms with van der Waals surface area (Å²) >= 11 is 0. The summed E-state index contributed by atoms with van der Waals surface area (Å²) < 4.78 is 39.3. The van der Waals surface area contributed by atoms with Gasteiger partial charge in [-0.1, -0.05) is 6.07 Å². The average molecular weight is 524 g/mol. The molecule has 4 aliphatic rings. The van der Waals surface area contributed by atoms with E-state index in [1.54, 1.807) is 0 Å². The zero-order valence-electron chi connectivity index (χ0n) is 19.1. The molecule has 1 aromatic carbocycles. The Morgan fingerprint density at radius 2 is 1.86 bits per heavy atom. The second kappa shape index (κ2) is 8.04. The number of halogens is 3. The standard InChI is InChI=1S/C21H23F3N8O5/c22-21(23,24)10-3-1-2-9(6-10)16(35)28-12-8-32-18(26)27-11(7-31-13(33)4-5-14(31)34)15-19(32,20(12,36)37)30-17(25)29-15/h1-3,6,11-12,15,36-37H,4-5,7-8H2,(H2,26,27)(H,28,35)(H3,25,29,30)/t11-,12?,15?,19?/m0/s1. The van der Waals surface area contributed by atoms with Crippen molar-refractivity contribution in [2.75, 3.05) is 13.1 Å². The monoisotopic (exact) mass is 524 g/mol. The van der Waals surface area contributed by atoms with Gasteiger partial charge in [0.25, 0.3) is 5.91 Å². The van der Waals surface area contributed by atoms with Gasteiger partial charge in [-0.05, 0) is 18.2 Å². The van der Waals surface area contributed by atoms with E-state index in [-0.39, 0.29) is 43.4 Å². The molecule has 2 saturated heterocycles. The van der Waals surface area contributed by atoms with Crippen LogP contribution in [0.2, 0.25) is 0 Å². The van der Waals surface area contributed by atoms with E-state index in [0.29, 0.717) is 6.07 Å². The van der Waals surface area contributed by atoms with Crippen molar-refractivity contribution in [3.8, 4) is 0 Å². The van der Waals surface area contributed by atoms with Crippen molar-refractivity contribution in [2.24, 2.45) is 21.5 Å². The van der Waals surface area contributed by atoms with Crippen LogP contribution in [0.3, 0.4) is 0 Å². The number of benzene rings is 1. The highest BCUT2D eigenvalue weighted by Gasteiger charge is 2.73. The van der Waals surface area contributed by atoms with E-state index in [4.69, 9.17) is 11.5 Å². The fraction of sp³-hybridized carbons (Fsp3) is 0.476. The van der Waals surface area contributed by atoms with Crippen LogP contribution in [0.4, 0.5) is 13.2 Å². The number of imide groups is 1. The number of hydrogen-bond donors (Lipinski definition) is 6. The summed E-state index contributed by atoms with van der Waals surface area (Å²) in [5.41, 5.74) is 8.67. The van der Waals surface area contributed by atoms with Gasteiger partial charge in [-0.25, -0.2) is 9.98 Å². The molecule has 4 aliphatic heterocycles. The fourth-order valence-electron chi connectivity index (χ4n) is 5.33. The normalized spacial score (nSPS) is 30.5. The fourth-order valence-corrected chi connectivity index (χ4v) is 5.33. The number of rotatable bonds is 4. The third kappa shape index (κ3) is 3.66. The lowest BCUT2D eigenvalue weighted by molar-refractivity contribution is -0.230. The molecule has 0 saturated carbocycles. The Morgan fingerprint density at radius 1 is 1.19 bits per heavy atom. The van der Waals surface area contributed by atoms with Crippen LogP contribution in [0.25, 0.3) is 0 Å². The van der Waals surface area contributed by atoms with Crippen LogP contribution in [0.15, 0.2) is 34.3 Å². The molecule has 198 valence electrons. The largest absolute Gasteiger partial charge is 0.416 e. The van der Waals surface area contributed by atoms with E-state index in [1.807, 2.05) is 0 Å². The molecule has 37 heavy (non-hydrogen) atoms. The van der Waals surface area contributed by atoms with Gasteiger partial charge in [-0.2, -0.15) is 13.2 Å². The summed E-state index contributed by atoms with van der Waals surface area (Å²) in [6.45, 7) is -0.567. The van der Waals surface area contributed by atoms with Crippen LogP contribution in [0, 0.1) is 0 Å². The summed E-state index contributed by atoms with van der Waals surface area (Å²) in [6, 6.07) is -0.0190. The lowest BCUT2D eigenvalue weighted by Crippen LogP contribution is -2.78. The Hall–Kier alpha value is -3.92. The van der Waals surface area contributed by atoms with E-state index >= 15 is 0 Å². The molecular weight excluding hydrogens is 501 g/mol. The number of nitrogens with zero attached hydrogens (tertiary/aromatic N) is 4. The van der Waals surface area contributed by atoms with Gasteiger partial charge in [0.15, 0.2) is 17.6 Å². The molecule has 0 aromatic heterocycles. The molecule has 1 spiro atoms. The molecular formula is C21H23F3N8O5. The number of aliphatic imine (C=N–C) groups is 2. The van der Waals surface area contributed by atoms with Gasteiger partial charge in [-0.3, -0.25) is 19.3 Å². The Kier molecular flexibility index (Phi) is 5.38. The number of alkyl halides is 3. The zero-order valence-corrected chi connectivity index (χ0v) is 19.1. The van der Waals surface area contributed by atoms with E-state index < -0.39 is 59.0 Å². The van der Waals surface area contributed by atoms with Crippen molar-refractivity contribution >= 4 is 29.6 Å². The van der Waals surface area contributed by atoms with Gasteiger partial charge in [0, 0.05) is 24.9 Å². The maximum atomic E-state index is 13.1. The molecule has 5 rings (SSSR count). The van der Waals surface area contributed by atoms with Gasteiger partial charge >= 0.3 is 6.18 Å². The number of amides is 3. The molecule has 0 bridgehead atoms. The Balaban J connectivity index is 1.45. The highest BCUT2D eigenvalue weighted by molar-refractivity contribution is 6.02. The number of hydrogen-bond acceptors (Lipinski definition) is 11. The molecule has 8 N–H and O–H groups in total. The molecule has 0 radical (unpaired) electrons. The maximum absolute atomic E-state index is 13.1. The van der Waals surface area contributed by atoms with Crippen molar-refractivity contribution in [1.82, 2.24) is 20.4 Å². The second-order valence-electron chi connectivity index (χ2n) is 9.24. The summed E-state index contributed by atoms with van der Waals surface area (Å²) in [7, 11) is 0. The first-order valence-corrected chi connectivity index (χ1v) is 11.2. The van der Waals surface area contributed by atoms with Gasteiger partial charge in [0.05, 0.1) is 18.2 Å². The first-order chi connectivity index (χ1) is 17.3. The van der Waals surface area contributed by atoms with Crippen molar-refractivity contribution in [1.29, 1.82) is 0 Å². The van der Waals surface area contributed by atoms with Crippen molar-refractivity contribution < 1.29 is 37.8 Å². The van der Waals surface area contributed by atoms with Crippen molar-refractivity contribution in [3.63, 3.8) is 0 Å². The lowest BCUT2D eigenvalue weighted by Gasteiger charge is -2.49. The smallest absolute Gasteiger partial charge is 0.370 e. The predicted molar refractivity (Wildman–Crippen MR) is 119 cm³/mol. The topological polar surface area (TPSA) is 199 Å². The van der Waals surface area contributed by atoms with Crippen LogP contribution in [-0.4, -0.2) is 92.3 Å². The molecule has 2 fully saturated rings. The SMILES string of the molecule is NC1=NC2[C@H](CN3C(=O)CCC3=O)N=C(N)N3CC(NC(=O)c4cccc(C(F)(F)F)c4)C(O)(O)C23N1.